The van der Waals surface area contributed by atoms with E-state index in [4.69, 9.17) is 16.3 Å². The number of carbonyl (C=O) groups excluding carboxylic acids is 2. The number of aliphatic hydroxyl groups is 1. The van der Waals surface area contributed by atoms with Crippen LogP contribution in [0.1, 0.15) is 34.8 Å². The molecule has 0 aliphatic heterocycles. The van der Waals surface area contributed by atoms with Crippen LogP contribution >= 0.6 is 11.6 Å². The van der Waals surface area contributed by atoms with E-state index in [9.17, 15) is 14.7 Å². The van der Waals surface area contributed by atoms with Gasteiger partial charge in [-0.1, -0.05) is 30.7 Å². The summed E-state index contributed by atoms with van der Waals surface area (Å²) in [6, 6.07) is 6.69. The third kappa shape index (κ3) is 3.60. The monoisotopic (exact) mass is 336 g/mol. The average Bonchev–Trinajstić information content (AvgIpc) is 2.99. The second-order valence-corrected chi connectivity index (χ2v) is 5.43. The van der Waals surface area contributed by atoms with E-state index in [0.29, 0.717) is 16.1 Å². The summed E-state index contributed by atoms with van der Waals surface area (Å²) in [5.74, 6) is -1.58. The first kappa shape index (κ1) is 17.2. The van der Waals surface area contributed by atoms with Gasteiger partial charge < -0.3 is 9.84 Å². The van der Waals surface area contributed by atoms with Gasteiger partial charge in [-0.3, -0.25) is 9.89 Å². The second kappa shape index (κ2) is 7.39. The fraction of sp³-hybridized carbons (Fsp3) is 0.312. The van der Waals surface area contributed by atoms with Crippen LogP contribution in [0.3, 0.4) is 0 Å². The number of ether oxygens (including phenoxy) is 1. The third-order valence-electron chi connectivity index (χ3n) is 3.33. The molecule has 1 atom stereocenters. The molecule has 0 amide bonds. The number of aromatic nitrogens is 2. The van der Waals surface area contributed by atoms with Crippen LogP contribution in [0.25, 0.3) is 11.1 Å². The first-order chi connectivity index (χ1) is 11.0. The Morgan fingerprint density at radius 1 is 1.35 bits per heavy atom. The standard InChI is InChI=1S/C16H17ClN2O4/c1-3-23-16(22)14-12(10-4-6-11(17)7-5-10)13(18-19-14)15(21)9(2)8-20/h4-7,9,20H,3,8H2,1-2H3,(H,18,19). The van der Waals surface area contributed by atoms with Gasteiger partial charge in [0, 0.05) is 16.5 Å². The van der Waals surface area contributed by atoms with Gasteiger partial charge in [-0.15, -0.1) is 0 Å². The van der Waals surface area contributed by atoms with E-state index >= 15 is 0 Å². The number of halogens is 1. The van der Waals surface area contributed by atoms with Crippen LogP contribution in [0.15, 0.2) is 24.3 Å². The summed E-state index contributed by atoms with van der Waals surface area (Å²) in [5.41, 5.74) is 1.16. The minimum atomic E-state index is -0.626. The maximum absolute atomic E-state index is 12.4. The summed E-state index contributed by atoms with van der Waals surface area (Å²) >= 11 is 5.89. The van der Waals surface area contributed by atoms with E-state index in [0.717, 1.165) is 0 Å². The van der Waals surface area contributed by atoms with Crippen molar-refractivity contribution in [2.24, 2.45) is 5.92 Å². The van der Waals surface area contributed by atoms with Gasteiger partial charge in [0.25, 0.3) is 0 Å². The number of carbonyl (C=O) groups is 2. The van der Waals surface area contributed by atoms with Gasteiger partial charge in [0.1, 0.15) is 5.69 Å². The second-order valence-electron chi connectivity index (χ2n) is 5.00. The molecule has 23 heavy (non-hydrogen) atoms. The molecule has 1 unspecified atom stereocenters. The molecule has 7 heteroatoms. The van der Waals surface area contributed by atoms with Crippen molar-refractivity contribution in [3.8, 4) is 11.1 Å². The Hall–Kier alpha value is -2.18. The Morgan fingerprint density at radius 2 is 2.00 bits per heavy atom. The molecule has 1 heterocycles. The Bertz CT molecular complexity index is 709. The van der Waals surface area contributed by atoms with E-state index in [2.05, 4.69) is 10.2 Å². The number of nitrogens with zero attached hydrogens (tertiary/aromatic N) is 1. The van der Waals surface area contributed by atoms with E-state index in [1.54, 1.807) is 38.1 Å². The van der Waals surface area contributed by atoms with Crippen molar-refractivity contribution in [3.63, 3.8) is 0 Å². The SMILES string of the molecule is CCOC(=O)c1[nH]nc(C(=O)C(C)CO)c1-c1ccc(Cl)cc1. The molecule has 0 aliphatic carbocycles. The molecule has 0 spiro atoms. The lowest BCUT2D eigenvalue weighted by Crippen LogP contribution is -2.16. The quantitative estimate of drug-likeness (QED) is 0.625. The van der Waals surface area contributed by atoms with Gasteiger partial charge in [0.2, 0.25) is 0 Å². The van der Waals surface area contributed by atoms with Gasteiger partial charge in [-0.05, 0) is 24.6 Å². The number of ketones is 1. The normalized spacial score (nSPS) is 12.0. The third-order valence-corrected chi connectivity index (χ3v) is 3.59. The lowest BCUT2D eigenvalue weighted by molar-refractivity contribution is 0.0520. The van der Waals surface area contributed by atoms with Gasteiger partial charge in [-0.25, -0.2) is 4.79 Å². The number of hydrogen-bond donors (Lipinski definition) is 2. The van der Waals surface area contributed by atoms with Crippen LogP contribution in [0.4, 0.5) is 0 Å². The molecular weight excluding hydrogens is 320 g/mol. The summed E-state index contributed by atoms with van der Waals surface area (Å²) in [6.07, 6.45) is 0. The first-order valence-corrected chi connectivity index (χ1v) is 7.53. The smallest absolute Gasteiger partial charge is 0.357 e. The summed E-state index contributed by atoms with van der Waals surface area (Å²) in [4.78, 5) is 24.5. The number of Topliss-reactive ketones (excluding diaryl/α,β-unsaturated/α-hetero) is 1. The van der Waals surface area contributed by atoms with Crippen molar-refractivity contribution in [1.29, 1.82) is 0 Å². The van der Waals surface area contributed by atoms with Gasteiger partial charge >= 0.3 is 5.97 Å². The van der Waals surface area contributed by atoms with Gasteiger partial charge in [0.15, 0.2) is 11.5 Å². The molecule has 2 rings (SSSR count). The number of aromatic amines is 1. The maximum atomic E-state index is 12.4. The van der Waals surface area contributed by atoms with E-state index in [1.807, 2.05) is 0 Å². The number of aliphatic hydroxyl groups excluding tert-OH is 1. The number of esters is 1. The number of nitrogens with one attached hydrogen (secondary N) is 1. The van der Waals surface area contributed by atoms with E-state index < -0.39 is 11.9 Å². The van der Waals surface area contributed by atoms with Crippen molar-refractivity contribution in [2.45, 2.75) is 13.8 Å². The van der Waals surface area contributed by atoms with Gasteiger partial charge in [0.05, 0.1) is 13.2 Å². The average molecular weight is 337 g/mol. The van der Waals surface area contributed by atoms with Crippen LogP contribution in [-0.4, -0.2) is 40.3 Å². The van der Waals surface area contributed by atoms with Gasteiger partial charge in [-0.2, -0.15) is 5.10 Å². The Morgan fingerprint density at radius 3 is 2.57 bits per heavy atom. The first-order valence-electron chi connectivity index (χ1n) is 7.16. The molecular formula is C16H17ClN2O4. The summed E-state index contributed by atoms with van der Waals surface area (Å²) in [5, 5.41) is 16.3. The molecule has 1 aromatic carbocycles. The zero-order chi connectivity index (χ0) is 17.0. The Balaban J connectivity index is 2.58. The van der Waals surface area contributed by atoms with Crippen molar-refractivity contribution in [3.05, 3.63) is 40.7 Å². The summed E-state index contributed by atoms with van der Waals surface area (Å²) < 4.78 is 5.00. The lowest BCUT2D eigenvalue weighted by atomic mass is 9.96. The predicted molar refractivity (Wildman–Crippen MR) is 85.6 cm³/mol. The van der Waals surface area contributed by atoms with Crippen LogP contribution in [-0.2, 0) is 4.74 Å². The Labute approximate surface area is 138 Å². The molecule has 122 valence electrons. The van der Waals surface area contributed by atoms with Crippen molar-refractivity contribution < 1.29 is 19.4 Å². The fourth-order valence-corrected chi connectivity index (χ4v) is 2.21. The molecule has 2 N–H and O–H groups in total. The minimum absolute atomic E-state index is 0.0944. The highest BCUT2D eigenvalue weighted by molar-refractivity contribution is 6.30. The Kier molecular flexibility index (Phi) is 5.52. The van der Waals surface area contributed by atoms with Crippen LogP contribution in [0, 0.1) is 5.92 Å². The predicted octanol–water partition coefficient (Wildman–Crippen LogP) is 2.72. The number of rotatable bonds is 6. The minimum Gasteiger partial charge on any atom is -0.461 e. The van der Waals surface area contributed by atoms with Crippen molar-refractivity contribution in [1.82, 2.24) is 10.2 Å². The molecule has 1 aromatic heterocycles. The fourth-order valence-electron chi connectivity index (χ4n) is 2.09. The van der Waals surface area contributed by atoms with Crippen LogP contribution < -0.4 is 0 Å². The largest absolute Gasteiger partial charge is 0.461 e. The lowest BCUT2D eigenvalue weighted by Gasteiger charge is -2.08. The van der Waals surface area contributed by atoms with Crippen LogP contribution in [0.5, 0.6) is 0 Å². The number of benzene rings is 1. The van der Waals surface area contributed by atoms with Crippen molar-refractivity contribution >= 4 is 23.4 Å². The molecule has 0 aliphatic rings. The molecule has 0 saturated carbocycles. The molecule has 0 saturated heterocycles. The topological polar surface area (TPSA) is 92.3 Å². The molecule has 6 nitrogen and oxygen atoms in total. The van der Waals surface area contributed by atoms with Crippen LogP contribution in [0.2, 0.25) is 5.02 Å². The molecule has 0 bridgehead atoms. The van der Waals surface area contributed by atoms with E-state index in [-0.39, 0.29) is 30.4 Å². The highest BCUT2D eigenvalue weighted by Gasteiger charge is 2.27. The highest BCUT2D eigenvalue weighted by Crippen LogP contribution is 2.29. The summed E-state index contributed by atoms with van der Waals surface area (Å²) in [6.45, 7) is 3.18. The zero-order valence-electron chi connectivity index (χ0n) is 12.8. The molecule has 0 radical (unpaired) electrons. The number of H-pyrrole nitrogens is 1. The molecule has 0 fully saturated rings. The summed E-state index contributed by atoms with van der Waals surface area (Å²) in [7, 11) is 0. The zero-order valence-corrected chi connectivity index (χ0v) is 13.6. The maximum Gasteiger partial charge on any atom is 0.357 e. The highest BCUT2D eigenvalue weighted by atomic mass is 35.5. The van der Waals surface area contributed by atoms with Crippen molar-refractivity contribution in [2.75, 3.05) is 13.2 Å². The molecule has 2 aromatic rings. The number of hydrogen-bond acceptors (Lipinski definition) is 5. The van der Waals surface area contributed by atoms with E-state index in [1.165, 1.54) is 0 Å².